The molecular formula is C14H24N4O. The molecule has 1 aliphatic rings. The fourth-order valence-electron chi connectivity index (χ4n) is 2.56. The second kappa shape index (κ2) is 6.73. The third kappa shape index (κ3) is 3.58. The molecule has 1 fully saturated rings. The molecule has 0 bridgehead atoms. The first-order valence-electron chi connectivity index (χ1n) is 6.89. The number of rotatable bonds is 5. The molecule has 0 aromatic carbocycles. The van der Waals surface area contributed by atoms with E-state index in [2.05, 4.69) is 21.7 Å². The molecule has 1 atom stereocenters. The van der Waals surface area contributed by atoms with Gasteiger partial charge in [0.05, 0.1) is 17.6 Å². The maximum Gasteiger partial charge on any atom is 0.0738 e. The average molecular weight is 264 g/mol. The molecule has 106 valence electrons. The standard InChI is InChI=1S/C14H24N4O/c1-12(4-10-19-2)17-6-8-18(9-7-17)14-3-5-16-11-13(14)15/h3,5,11-12H,4,6-10,15H2,1-2H3. The minimum Gasteiger partial charge on any atom is -0.396 e. The zero-order chi connectivity index (χ0) is 13.7. The molecule has 1 aromatic rings. The maximum absolute atomic E-state index is 5.98. The average Bonchev–Trinajstić information content (AvgIpc) is 2.45. The Morgan fingerprint density at radius 3 is 2.74 bits per heavy atom. The van der Waals surface area contributed by atoms with Gasteiger partial charge in [0.15, 0.2) is 0 Å². The van der Waals surface area contributed by atoms with Gasteiger partial charge in [0.2, 0.25) is 0 Å². The number of hydrogen-bond donors (Lipinski definition) is 1. The Kier molecular flexibility index (Phi) is 4.99. The number of ether oxygens (including phenoxy) is 1. The lowest BCUT2D eigenvalue weighted by atomic mass is 10.1. The Labute approximate surface area is 115 Å². The van der Waals surface area contributed by atoms with Crippen molar-refractivity contribution in [2.24, 2.45) is 0 Å². The molecule has 0 radical (unpaired) electrons. The molecule has 0 amide bonds. The van der Waals surface area contributed by atoms with E-state index in [1.807, 2.05) is 6.07 Å². The highest BCUT2D eigenvalue weighted by Crippen LogP contribution is 2.23. The van der Waals surface area contributed by atoms with Gasteiger partial charge < -0.3 is 15.4 Å². The minimum atomic E-state index is 0.580. The Morgan fingerprint density at radius 2 is 2.11 bits per heavy atom. The zero-order valence-corrected chi connectivity index (χ0v) is 11.9. The fraction of sp³-hybridized carbons (Fsp3) is 0.643. The van der Waals surface area contributed by atoms with Gasteiger partial charge in [-0.3, -0.25) is 9.88 Å². The lowest BCUT2D eigenvalue weighted by Crippen LogP contribution is -2.50. The smallest absolute Gasteiger partial charge is 0.0738 e. The first-order chi connectivity index (χ1) is 9.22. The summed E-state index contributed by atoms with van der Waals surface area (Å²) in [7, 11) is 1.76. The van der Waals surface area contributed by atoms with E-state index >= 15 is 0 Å². The number of hydrogen-bond acceptors (Lipinski definition) is 5. The van der Waals surface area contributed by atoms with E-state index in [0.717, 1.165) is 50.6 Å². The number of aromatic nitrogens is 1. The van der Waals surface area contributed by atoms with E-state index in [-0.39, 0.29) is 0 Å². The largest absolute Gasteiger partial charge is 0.396 e. The van der Waals surface area contributed by atoms with Crippen molar-refractivity contribution in [3.05, 3.63) is 18.5 Å². The number of methoxy groups -OCH3 is 1. The quantitative estimate of drug-likeness (QED) is 0.866. The van der Waals surface area contributed by atoms with Crippen LogP contribution < -0.4 is 10.6 Å². The van der Waals surface area contributed by atoms with Crippen molar-refractivity contribution in [3.8, 4) is 0 Å². The number of nitrogens with two attached hydrogens (primary N) is 1. The number of nitrogen functional groups attached to an aromatic ring is 1. The van der Waals surface area contributed by atoms with Crippen LogP contribution in [0.4, 0.5) is 11.4 Å². The van der Waals surface area contributed by atoms with Crippen molar-refractivity contribution in [2.45, 2.75) is 19.4 Å². The van der Waals surface area contributed by atoms with Gasteiger partial charge in [-0.15, -0.1) is 0 Å². The van der Waals surface area contributed by atoms with E-state index < -0.39 is 0 Å². The molecule has 1 unspecified atom stereocenters. The molecule has 0 aliphatic carbocycles. The topological polar surface area (TPSA) is 54.6 Å². The van der Waals surface area contributed by atoms with Crippen LogP contribution in [0.15, 0.2) is 18.5 Å². The molecule has 0 saturated carbocycles. The Morgan fingerprint density at radius 1 is 1.37 bits per heavy atom. The lowest BCUT2D eigenvalue weighted by molar-refractivity contribution is 0.133. The molecule has 2 heterocycles. The summed E-state index contributed by atoms with van der Waals surface area (Å²) in [5.41, 5.74) is 7.85. The highest BCUT2D eigenvalue weighted by molar-refractivity contribution is 5.66. The molecule has 5 nitrogen and oxygen atoms in total. The van der Waals surface area contributed by atoms with Gasteiger partial charge >= 0.3 is 0 Å². The summed E-state index contributed by atoms with van der Waals surface area (Å²) in [5.74, 6) is 0. The third-order valence-electron chi connectivity index (χ3n) is 3.85. The van der Waals surface area contributed by atoms with Crippen LogP contribution >= 0.6 is 0 Å². The van der Waals surface area contributed by atoms with Crippen LogP contribution in [0.1, 0.15) is 13.3 Å². The van der Waals surface area contributed by atoms with Gasteiger partial charge in [0.1, 0.15) is 0 Å². The third-order valence-corrected chi connectivity index (χ3v) is 3.85. The fourth-order valence-corrected chi connectivity index (χ4v) is 2.56. The molecular weight excluding hydrogens is 240 g/mol. The van der Waals surface area contributed by atoms with E-state index in [9.17, 15) is 0 Å². The van der Waals surface area contributed by atoms with Gasteiger partial charge in [-0.2, -0.15) is 0 Å². The zero-order valence-electron chi connectivity index (χ0n) is 11.9. The van der Waals surface area contributed by atoms with Crippen molar-refractivity contribution in [1.82, 2.24) is 9.88 Å². The molecule has 1 aliphatic heterocycles. The minimum absolute atomic E-state index is 0.580. The van der Waals surface area contributed by atoms with Crippen molar-refractivity contribution < 1.29 is 4.74 Å². The van der Waals surface area contributed by atoms with Gasteiger partial charge in [-0.05, 0) is 19.4 Å². The van der Waals surface area contributed by atoms with Gasteiger partial charge in [-0.1, -0.05) is 0 Å². The Bertz CT molecular complexity index is 391. The molecule has 19 heavy (non-hydrogen) atoms. The van der Waals surface area contributed by atoms with Crippen LogP contribution in [0.5, 0.6) is 0 Å². The summed E-state index contributed by atoms with van der Waals surface area (Å²) in [6.45, 7) is 7.30. The van der Waals surface area contributed by atoms with Crippen LogP contribution in [-0.4, -0.2) is 55.8 Å². The van der Waals surface area contributed by atoms with Gasteiger partial charge in [0, 0.05) is 52.1 Å². The Hall–Kier alpha value is -1.33. The monoisotopic (exact) mass is 264 g/mol. The van der Waals surface area contributed by atoms with Crippen LogP contribution in [0.25, 0.3) is 0 Å². The van der Waals surface area contributed by atoms with Gasteiger partial charge in [-0.25, -0.2) is 0 Å². The first-order valence-corrected chi connectivity index (χ1v) is 6.89. The molecule has 2 N–H and O–H groups in total. The predicted octanol–water partition coefficient (Wildman–Crippen LogP) is 1.21. The van der Waals surface area contributed by atoms with Crippen molar-refractivity contribution in [2.75, 3.05) is 50.5 Å². The van der Waals surface area contributed by atoms with E-state index in [1.54, 1.807) is 19.5 Å². The summed E-state index contributed by atoms with van der Waals surface area (Å²) in [6.07, 6.45) is 4.62. The van der Waals surface area contributed by atoms with Crippen LogP contribution in [0.2, 0.25) is 0 Å². The highest BCUT2D eigenvalue weighted by Gasteiger charge is 2.21. The maximum atomic E-state index is 5.98. The summed E-state index contributed by atoms with van der Waals surface area (Å²) in [6, 6.07) is 2.58. The summed E-state index contributed by atoms with van der Waals surface area (Å²) < 4.78 is 5.15. The normalized spacial score (nSPS) is 18.5. The number of nitrogens with zero attached hydrogens (tertiary/aromatic N) is 3. The van der Waals surface area contributed by atoms with E-state index in [4.69, 9.17) is 10.5 Å². The highest BCUT2D eigenvalue weighted by atomic mass is 16.5. The van der Waals surface area contributed by atoms with Crippen molar-refractivity contribution >= 4 is 11.4 Å². The number of piperazine rings is 1. The number of anilines is 2. The summed E-state index contributed by atoms with van der Waals surface area (Å²) in [4.78, 5) is 8.91. The lowest BCUT2D eigenvalue weighted by Gasteiger charge is -2.39. The molecule has 1 aromatic heterocycles. The molecule has 5 heteroatoms. The van der Waals surface area contributed by atoms with E-state index in [1.165, 1.54) is 0 Å². The summed E-state index contributed by atoms with van der Waals surface area (Å²) in [5, 5.41) is 0. The van der Waals surface area contributed by atoms with Crippen LogP contribution in [0, 0.1) is 0 Å². The SMILES string of the molecule is COCCC(C)N1CCN(c2ccncc2N)CC1. The second-order valence-corrected chi connectivity index (χ2v) is 5.09. The predicted molar refractivity (Wildman–Crippen MR) is 78.4 cm³/mol. The van der Waals surface area contributed by atoms with Crippen molar-refractivity contribution in [3.63, 3.8) is 0 Å². The molecule has 2 rings (SSSR count). The molecule has 1 saturated heterocycles. The van der Waals surface area contributed by atoms with Gasteiger partial charge in [0.25, 0.3) is 0 Å². The first kappa shape index (κ1) is 14.1. The molecule has 0 spiro atoms. The Balaban J connectivity index is 1.87. The van der Waals surface area contributed by atoms with E-state index in [0.29, 0.717) is 6.04 Å². The van der Waals surface area contributed by atoms with Crippen LogP contribution in [-0.2, 0) is 4.74 Å². The van der Waals surface area contributed by atoms with Crippen molar-refractivity contribution in [1.29, 1.82) is 0 Å². The number of pyridine rings is 1. The summed E-state index contributed by atoms with van der Waals surface area (Å²) >= 11 is 0. The van der Waals surface area contributed by atoms with Crippen LogP contribution in [0.3, 0.4) is 0 Å². The second-order valence-electron chi connectivity index (χ2n) is 5.09.